The van der Waals surface area contributed by atoms with Gasteiger partial charge in [0.15, 0.2) is 11.6 Å². The van der Waals surface area contributed by atoms with Gasteiger partial charge in [0.05, 0.1) is 5.56 Å². The van der Waals surface area contributed by atoms with Gasteiger partial charge < -0.3 is 0 Å². The Morgan fingerprint density at radius 3 is 2.67 bits per heavy atom. The maximum atomic E-state index is 14.2. The monoisotopic (exact) mass is 368 g/mol. The minimum atomic E-state index is -0.544. The molecule has 0 bridgehead atoms. The molecule has 0 spiro atoms. The Labute approximate surface area is 132 Å². The number of aryl methyl sites for hydroxylation is 1. The lowest BCUT2D eigenvalue weighted by atomic mass is 10.1. The third kappa shape index (κ3) is 2.51. The first-order valence-corrected chi connectivity index (χ1v) is 7.22. The van der Waals surface area contributed by atoms with Crippen molar-refractivity contribution in [2.24, 2.45) is 0 Å². The quantitative estimate of drug-likeness (QED) is 0.544. The van der Waals surface area contributed by atoms with E-state index in [0.717, 1.165) is 0 Å². The van der Waals surface area contributed by atoms with E-state index in [4.69, 9.17) is 11.6 Å². The highest BCUT2D eigenvalue weighted by Gasteiger charge is 2.15. The van der Waals surface area contributed by atoms with E-state index in [1.165, 1.54) is 12.1 Å². The molecule has 106 valence electrons. The van der Waals surface area contributed by atoms with Gasteiger partial charge in [-0.2, -0.15) is 0 Å². The summed E-state index contributed by atoms with van der Waals surface area (Å²) in [6.07, 6.45) is 0. The lowest BCUT2D eigenvalue weighted by molar-refractivity contribution is 0.620. The Morgan fingerprint density at radius 2 is 1.90 bits per heavy atom. The lowest BCUT2D eigenvalue weighted by Gasteiger charge is -2.08. The topological polar surface area (TPSA) is 25.8 Å². The highest BCUT2D eigenvalue weighted by molar-refractivity contribution is 9.10. The molecule has 3 aromatic rings. The van der Waals surface area contributed by atoms with Gasteiger partial charge in [-0.15, -0.1) is 0 Å². The van der Waals surface area contributed by atoms with Crippen molar-refractivity contribution in [2.75, 3.05) is 0 Å². The maximum absolute atomic E-state index is 14.2. The van der Waals surface area contributed by atoms with Gasteiger partial charge in [0.2, 0.25) is 0 Å². The van der Waals surface area contributed by atoms with Crippen LogP contribution in [0.2, 0.25) is 5.15 Å². The fraction of sp³-hybridized carbons (Fsp3) is 0.0667. The van der Waals surface area contributed by atoms with E-state index in [9.17, 15) is 8.78 Å². The van der Waals surface area contributed by atoms with Crippen LogP contribution >= 0.6 is 27.5 Å². The molecule has 2 aromatic carbocycles. The normalized spacial score (nSPS) is 11.1. The summed E-state index contributed by atoms with van der Waals surface area (Å²) in [6.45, 7) is 1.64. The number of hydrogen-bond donors (Lipinski definition) is 0. The van der Waals surface area contributed by atoms with Crippen molar-refractivity contribution >= 4 is 38.4 Å². The summed E-state index contributed by atoms with van der Waals surface area (Å²) in [6, 6.07) is 7.77. The van der Waals surface area contributed by atoms with Crippen molar-refractivity contribution in [3.8, 4) is 11.4 Å². The van der Waals surface area contributed by atoms with Gasteiger partial charge >= 0.3 is 0 Å². The average Bonchev–Trinajstić information content (AvgIpc) is 2.43. The van der Waals surface area contributed by atoms with Gasteiger partial charge in [-0.25, -0.2) is 18.7 Å². The highest BCUT2D eigenvalue weighted by Crippen LogP contribution is 2.30. The summed E-state index contributed by atoms with van der Waals surface area (Å²) in [5.74, 6) is -0.918. The van der Waals surface area contributed by atoms with Crippen LogP contribution in [-0.4, -0.2) is 9.97 Å². The molecule has 21 heavy (non-hydrogen) atoms. The molecule has 0 fully saturated rings. The fourth-order valence-corrected chi connectivity index (χ4v) is 2.72. The Morgan fingerprint density at radius 1 is 1.14 bits per heavy atom. The third-order valence-electron chi connectivity index (χ3n) is 3.10. The number of nitrogens with zero attached hydrogens (tertiary/aromatic N) is 2. The molecule has 0 radical (unpaired) electrons. The maximum Gasteiger partial charge on any atom is 0.164 e. The van der Waals surface area contributed by atoms with Crippen LogP contribution in [0, 0.1) is 18.6 Å². The summed E-state index contributed by atoms with van der Waals surface area (Å²) < 4.78 is 28.7. The zero-order valence-electron chi connectivity index (χ0n) is 10.8. The van der Waals surface area contributed by atoms with Crippen molar-refractivity contribution in [1.29, 1.82) is 0 Å². The van der Waals surface area contributed by atoms with Crippen molar-refractivity contribution in [1.82, 2.24) is 9.97 Å². The number of hydrogen-bond acceptors (Lipinski definition) is 2. The van der Waals surface area contributed by atoms with Gasteiger partial charge in [-0.1, -0.05) is 39.7 Å². The molecule has 0 aliphatic rings. The first-order valence-electron chi connectivity index (χ1n) is 6.05. The van der Waals surface area contributed by atoms with Gasteiger partial charge in [0.1, 0.15) is 16.5 Å². The second-order valence-electron chi connectivity index (χ2n) is 4.56. The zero-order chi connectivity index (χ0) is 15.1. The molecule has 1 heterocycles. The molecule has 0 saturated heterocycles. The van der Waals surface area contributed by atoms with Crippen LogP contribution in [0.5, 0.6) is 0 Å². The van der Waals surface area contributed by atoms with E-state index >= 15 is 0 Å². The van der Waals surface area contributed by atoms with Crippen LogP contribution in [0.15, 0.2) is 34.8 Å². The van der Waals surface area contributed by atoms with Gasteiger partial charge in [-0.3, -0.25) is 0 Å². The van der Waals surface area contributed by atoms with Crippen LogP contribution in [0.1, 0.15) is 5.56 Å². The summed E-state index contributed by atoms with van der Waals surface area (Å²) in [4.78, 5) is 8.20. The SMILES string of the molecule is Cc1cccc(-c2nc(Cl)c3cc(Br)cc(F)c3n2)c1F. The Kier molecular flexibility index (Phi) is 3.63. The smallest absolute Gasteiger partial charge is 0.164 e. The molecule has 0 aliphatic heterocycles. The number of rotatable bonds is 1. The molecule has 0 amide bonds. The van der Waals surface area contributed by atoms with Gasteiger partial charge in [0, 0.05) is 9.86 Å². The molecule has 0 unspecified atom stereocenters. The highest BCUT2D eigenvalue weighted by atomic mass is 79.9. The van der Waals surface area contributed by atoms with Crippen LogP contribution in [0.4, 0.5) is 8.78 Å². The molecule has 0 aliphatic carbocycles. The minimum absolute atomic E-state index is 0.0640. The Balaban J connectivity index is 2.33. The summed E-state index contributed by atoms with van der Waals surface area (Å²) >= 11 is 9.27. The molecule has 2 nitrogen and oxygen atoms in total. The summed E-state index contributed by atoms with van der Waals surface area (Å²) in [5.41, 5.74) is 0.721. The molecule has 1 aromatic heterocycles. The van der Waals surface area contributed by atoms with Gasteiger partial charge in [0.25, 0.3) is 0 Å². The molecule has 0 atom stereocenters. The van der Waals surface area contributed by atoms with E-state index in [0.29, 0.717) is 15.4 Å². The van der Waals surface area contributed by atoms with E-state index < -0.39 is 11.6 Å². The summed E-state index contributed by atoms with van der Waals surface area (Å²) in [7, 11) is 0. The van der Waals surface area contributed by atoms with Crippen molar-refractivity contribution in [2.45, 2.75) is 6.92 Å². The van der Waals surface area contributed by atoms with Crippen LogP contribution in [-0.2, 0) is 0 Å². The van der Waals surface area contributed by atoms with Crippen molar-refractivity contribution < 1.29 is 8.78 Å². The molecule has 3 rings (SSSR count). The van der Waals surface area contributed by atoms with Crippen LogP contribution < -0.4 is 0 Å². The van der Waals surface area contributed by atoms with E-state index in [1.54, 1.807) is 25.1 Å². The number of benzene rings is 2. The number of fused-ring (bicyclic) bond motifs is 1. The Bertz CT molecular complexity index is 868. The summed E-state index contributed by atoms with van der Waals surface area (Å²) in [5, 5.41) is 0.455. The first kappa shape index (κ1) is 14.4. The predicted molar refractivity (Wildman–Crippen MR) is 82.3 cm³/mol. The second-order valence-corrected chi connectivity index (χ2v) is 5.83. The zero-order valence-corrected chi connectivity index (χ0v) is 13.1. The van der Waals surface area contributed by atoms with Gasteiger partial charge in [-0.05, 0) is 30.7 Å². The predicted octanol–water partition coefficient (Wildman–Crippen LogP) is 5.30. The molecule has 6 heteroatoms. The van der Waals surface area contributed by atoms with Crippen molar-refractivity contribution in [3.63, 3.8) is 0 Å². The van der Waals surface area contributed by atoms with Crippen LogP contribution in [0.3, 0.4) is 0 Å². The first-order chi connectivity index (χ1) is 9.97. The second kappa shape index (κ2) is 5.31. The number of halogens is 4. The van der Waals surface area contributed by atoms with E-state index in [2.05, 4.69) is 25.9 Å². The minimum Gasteiger partial charge on any atom is -0.225 e. The van der Waals surface area contributed by atoms with Crippen LogP contribution in [0.25, 0.3) is 22.3 Å². The third-order valence-corrected chi connectivity index (χ3v) is 3.85. The standard InChI is InChI=1S/C15H8BrClF2N2/c1-7-3-2-4-9(12(7)19)15-20-13-10(14(17)21-15)5-8(16)6-11(13)18/h2-6H,1H3. The van der Waals surface area contributed by atoms with E-state index in [1.807, 2.05) is 0 Å². The number of aromatic nitrogens is 2. The average molecular weight is 370 g/mol. The van der Waals surface area contributed by atoms with Crippen molar-refractivity contribution in [3.05, 3.63) is 57.2 Å². The molecule has 0 N–H and O–H groups in total. The molecule has 0 saturated carbocycles. The molecular weight excluding hydrogens is 362 g/mol. The fourth-order valence-electron chi connectivity index (χ4n) is 2.06. The largest absolute Gasteiger partial charge is 0.225 e. The lowest BCUT2D eigenvalue weighted by Crippen LogP contribution is -1.97. The Hall–Kier alpha value is -1.59. The van der Waals surface area contributed by atoms with E-state index in [-0.39, 0.29) is 22.1 Å². The molecular formula is C15H8BrClF2N2.